The summed E-state index contributed by atoms with van der Waals surface area (Å²) in [6.45, 7) is 2.18. The molecular weight excluding hydrogens is 404 g/mol. The number of carbonyl (C=O) groups is 1. The Morgan fingerprint density at radius 1 is 1.24 bits per heavy atom. The van der Waals surface area contributed by atoms with Crippen LogP contribution in [0.1, 0.15) is 44.1 Å². The van der Waals surface area contributed by atoms with Gasteiger partial charge in [0.1, 0.15) is 0 Å². The van der Waals surface area contributed by atoms with E-state index in [1.54, 1.807) is 0 Å². The molecule has 1 saturated heterocycles. The van der Waals surface area contributed by atoms with Crippen molar-refractivity contribution in [3.8, 4) is 0 Å². The molecule has 1 aliphatic heterocycles. The Morgan fingerprint density at radius 3 is 2.56 bits per heavy atom. The third-order valence-corrected chi connectivity index (χ3v) is 6.12. The summed E-state index contributed by atoms with van der Waals surface area (Å²) in [5.41, 5.74) is 7.30. The van der Waals surface area contributed by atoms with E-state index >= 15 is 0 Å². The number of rotatable bonds is 4. The van der Waals surface area contributed by atoms with Gasteiger partial charge >= 0.3 is 0 Å². The van der Waals surface area contributed by atoms with Gasteiger partial charge < -0.3 is 15.8 Å². The summed E-state index contributed by atoms with van der Waals surface area (Å²) in [6.07, 6.45) is 5.78. The molecule has 6 heteroatoms. The van der Waals surface area contributed by atoms with Gasteiger partial charge in [-0.1, -0.05) is 34.5 Å². The highest BCUT2D eigenvalue weighted by Crippen LogP contribution is 2.35. The Labute approximate surface area is 164 Å². The van der Waals surface area contributed by atoms with Crippen LogP contribution < -0.4 is 11.1 Å². The van der Waals surface area contributed by atoms with Crippen LogP contribution in [0.25, 0.3) is 0 Å². The number of carbonyl (C=O) groups excluding carboxylic acids is 1. The van der Waals surface area contributed by atoms with E-state index in [4.69, 9.17) is 10.5 Å². The molecule has 0 bridgehead atoms. The number of nitrogens with one attached hydrogen (secondary N) is 1. The largest absolute Gasteiger partial charge is 0.381 e. The lowest BCUT2D eigenvalue weighted by atomic mass is 9.74. The highest BCUT2D eigenvalue weighted by atomic mass is 79.9. The molecule has 1 amide bonds. The van der Waals surface area contributed by atoms with E-state index in [-0.39, 0.29) is 35.7 Å². The van der Waals surface area contributed by atoms with Crippen LogP contribution in [-0.2, 0) is 14.9 Å². The fraction of sp³-hybridized carbons (Fsp3) is 0.632. The monoisotopic (exact) mass is 430 g/mol. The van der Waals surface area contributed by atoms with Crippen molar-refractivity contribution in [3.63, 3.8) is 0 Å². The minimum absolute atomic E-state index is 0. The molecule has 2 atom stereocenters. The zero-order chi connectivity index (χ0) is 17.0. The highest BCUT2D eigenvalue weighted by molar-refractivity contribution is 9.10. The van der Waals surface area contributed by atoms with Gasteiger partial charge in [0.25, 0.3) is 0 Å². The maximum absolute atomic E-state index is 12.6. The normalized spacial score (nSPS) is 25.7. The van der Waals surface area contributed by atoms with Gasteiger partial charge in [0, 0.05) is 41.6 Å². The van der Waals surface area contributed by atoms with E-state index in [1.807, 2.05) is 0 Å². The fourth-order valence-corrected chi connectivity index (χ4v) is 4.26. The van der Waals surface area contributed by atoms with Crippen molar-refractivity contribution in [2.24, 2.45) is 11.7 Å². The Kier molecular flexibility index (Phi) is 7.74. The third-order valence-electron chi connectivity index (χ3n) is 5.59. The van der Waals surface area contributed by atoms with Crippen molar-refractivity contribution in [2.45, 2.75) is 50.0 Å². The molecule has 1 aromatic carbocycles. The standard InChI is InChI=1S/C19H27BrN2O2.ClH/c20-16-6-4-15(5-7-16)19(8-10-24-11-9-19)13-22-18(23)14-2-1-3-17(21)12-14;/h4-7,14,17H,1-3,8-13,21H2,(H,22,23);1H. The summed E-state index contributed by atoms with van der Waals surface area (Å²) in [5.74, 6) is 0.253. The van der Waals surface area contributed by atoms with Crippen LogP contribution in [0.2, 0.25) is 0 Å². The predicted octanol–water partition coefficient (Wildman–Crippen LogP) is 3.55. The molecule has 25 heavy (non-hydrogen) atoms. The maximum atomic E-state index is 12.6. The Morgan fingerprint density at radius 2 is 1.92 bits per heavy atom. The van der Waals surface area contributed by atoms with Crippen molar-refractivity contribution < 1.29 is 9.53 Å². The number of nitrogens with two attached hydrogens (primary N) is 1. The van der Waals surface area contributed by atoms with Crippen LogP contribution in [0.15, 0.2) is 28.7 Å². The summed E-state index contributed by atoms with van der Waals surface area (Å²) in [5, 5.41) is 3.23. The lowest BCUT2D eigenvalue weighted by Gasteiger charge is -2.38. The molecule has 2 aliphatic rings. The molecule has 0 radical (unpaired) electrons. The summed E-state index contributed by atoms with van der Waals surface area (Å²) < 4.78 is 6.65. The first-order chi connectivity index (χ1) is 11.6. The van der Waals surface area contributed by atoms with Crippen LogP contribution in [0.3, 0.4) is 0 Å². The number of ether oxygens (including phenoxy) is 1. The first-order valence-electron chi connectivity index (χ1n) is 8.96. The molecule has 0 spiro atoms. The molecule has 1 saturated carbocycles. The second-order valence-corrected chi connectivity index (χ2v) is 8.16. The Bertz CT molecular complexity index is 561. The van der Waals surface area contributed by atoms with E-state index in [0.29, 0.717) is 6.54 Å². The molecule has 2 unspecified atom stereocenters. The van der Waals surface area contributed by atoms with Crippen molar-refractivity contribution in [1.29, 1.82) is 0 Å². The van der Waals surface area contributed by atoms with E-state index < -0.39 is 0 Å². The summed E-state index contributed by atoms with van der Waals surface area (Å²) >= 11 is 3.50. The van der Waals surface area contributed by atoms with Gasteiger partial charge in [0.05, 0.1) is 0 Å². The molecule has 1 aliphatic carbocycles. The molecule has 3 rings (SSSR count). The number of benzene rings is 1. The van der Waals surface area contributed by atoms with Crippen molar-refractivity contribution >= 4 is 34.2 Å². The van der Waals surface area contributed by atoms with Gasteiger partial charge in [-0.05, 0) is 49.8 Å². The van der Waals surface area contributed by atoms with Crippen LogP contribution in [0.5, 0.6) is 0 Å². The molecule has 1 heterocycles. The van der Waals surface area contributed by atoms with Crippen molar-refractivity contribution in [1.82, 2.24) is 5.32 Å². The minimum Gasteiger partial charge on any atom is -0.381 e. The van der Waals surface area contributed by atoms with E-state index in [9.17, 15) is 4.79 Å². The molecule has 140 valence electrons. The Balaban J connectivity index is 0.00000225. The van der Waals surface area contributed by atoms with Gasteiger partial charge in [-0.15, -0.1) is 12.4 Å². The first kappa shape index (κ1) is 20.7. The first-order valence-corrected chi connectivity index (χ1v) is 9.75. The molecule has 3 N–H and O–H groups in total. The second-order valence-electron chi connectivity index (χ2n) is 7.24. The zero-order valence-corrected chi connectivity index (χ0v) is 16.9. The summed E-state index contributed by atoms with van der Waals surface area (Å²) in [4.78, 5) is 12.6. The van der Waals surface area contributed by atoms with Gasteiger partial charge in [0.2, 0.25) is 5.91 Å². The molecule has 1 aromatic rings. The zero-order valence-electron chi connectivity index (χ0n) is 14.5. The molecular formula is C19H28BrClN2O2. The molecule has 2 fully saturated rings. The average Bonchev–Trinajstić information content (AvgIpc) is 2.61. The number of amides is 1. The van der Waals surface area contributed by atoms with Crippen LogP contribution in [0, 0.1) is 5.92 Å². The van der Waals surface area contributed by atoms with Crippen molar-refractivity contribution in [3.05, 3.63) is 34.3 Å². The second kappa shape index (κ2) is 9.36. The van der Waals surface area contributed by atoms with E-state index in [2.05, 4.69) is 45.5 Å². The maximum Gasteiger partial charge on any atom is 0.223 e. The summed E-state index contributed by atoms with van der Waals surface area (Å²) in [6, 6.07) is 8.66. The van der Waals surface area contributed by atoms with Gasteiger partial charge in [-0.25, -0.2) is 0 Å². The van der Waals surface area contributed by atoms with E-state index in [1.165, 1.54) is 5.56 Å². The van der Waals surface area contributed by atoms with Gasteiger partial charge in [0.15, 0.2) is 0 Å². The summed E-state index contributed by atoms with van der Waals surface area (Å²) in [7, 11) is 0. The van der Waals surface area contributed by atoms with Crippen LogP contribution in [-0.4, -0.2) is 31.7 Å². The number of hydrogen-bond donors (Lipinski definition) is 2. The minimum atomic E-state index is -0.0224. The van der Waals surface area contributed by atoms with Gasteiger partial charge in [-0.3, -0.25) is 4.79 Å². The van der Waals surface area contributed by atoms with Crippen LogP contribution >= 0.6 is 28.3 Å². The van der Waals surface area contributed by atoms with Gasteiger partial charge in [-0.2, -0.15) is 0 Å². The van der Waals surface area contributed by atoms with Crippen molar-refractivity contribution in [2.75, 3.05) is 19.8 Å². The smallest absolute Gasteiger partial charge is 0.223 e. The third kappa shape index (κ3) is 5.19. The fourth-order valence-electron chi connectivity index (χ4n) is 4.00. The SMILES string of the molecule is Cl.NC1CCCC(C(=O)NCC2(c3ccc(Br)cc3)CCOCC2)C1. The number of hydrogen-bond acceptors (Lipinski definition) is 3. The Hall–Kier alpha value is -0.620. The molecule has 4 nitrogen and oxygen atoms in total. The quantitative estimate of drug-likeness (QED) is 0.766. The lowest BCUT2D eigenvalue weighted by Crippen LogP contribution is -2.47. The predicted molar refractivity (Wildman–Crippen MR) is 106 cm³/mol. The highest BCUT2D eigenvalue weighted by Gasteiger charge is 2.36. The lowest BCUT2D eigenvalue weighted by molar-refractivity contribution is -0.126. The number of halogens is 2. The average molecular weight is 432 g/mol. The van der Waals surface area contributed by atoms with E-state index in [0.717, 1.165) is 56.2 Å². The topological polar surface area (TPSA) is 64.4 Å². The molecule has 0 aromatic heterocycles. The van der Waals surface area contributed by atoms with Crippen LogP contribution in [0.4, 0.5) is 0 Å².